The third-order valence-electron chi connectivity index (χ3n) is 5.68. The molecule has 6 nitrogen and oxygen atoms in total. The molecule has 0 saturated heterocycles. The van der Waals surface area contributed by atoms with Gasteiger partial charge in [0.15, 0.2) is 0 Å². The number of nitrogens with zero attached hydrogens (tertiary/aromatic N) is 2. The van der Waals surface area contributed by atoms with Gasteiger partial charge in [0, 0.05) is 17.1 Å². The second-order valence-corrected chi connectivity index (χ2v) is 8.56. The van der Waals surface area contributed by atoms with Crippen LogP contribution in [0.25, 0.3) is 11.0 Å². The SMILES string of the molecule is COc1cccc(C(=O)NC(C)c2nc3ccccc3n2CCCOc2ccc(Cl)c(C)c2)c1. The number of aromatic nitrogens is 2. The van der Waals surface area contributed by atoms with Crippen LogP contribution in [-0.2, 0) is 6.54 Å². The van der Waals surface area contributed by atoms with E-state index >= 15 is 0 Å². The lowest BCUT2D eigenvalue weighted by atomic mass is 10.2. The summed E-state index contributed by atoms with van der Waals surface area (Å²) in [5.41, 5.74) is 3.46. The highest BCUT2D eigenvalue weighted by molar-refractivity contribution is 6.31. The molecule has 4 aromatic rings. The van der Waals surface area contributed by atoms with Gasteiger partial charge in [-0.1, -0.05) is 29.8 Å². The summed E-state index contributed by atoms with van der Waals surface area (Å²) >= 11 is 6.10. The Labute approximate surface area is 204 Å². The van der Waals surface area contributed by atoms with E-state index in [-0.39, 0.29) is 11.9 Å². The molecule has 1 heterocycles. The van der Waals surface area contributed by atoms with Crippen molar-refractivity contribution in [3.8, 4) is 11.5 Å². The van der Waals surface area contributed by atoms with Crippen LogP contribution in [0.1, 0.15) is 41.1 Å². The average Bonchev–Trinajstić information content (AvgIpc) is 3.22. The lowest BCUT2D eigenvalue weighted by Gasteiger charge is -2.17. The van der Waals surface area contributed by atoms with Gasteiger partial charge in [-0.05, 0) is 74.4 Å². The molecule has 0 fully saturated rings. The Bertz CT molecular complexity index is 1300. The number of carbonyl (C=O) groups is 1. The number of imidazole rings is 1. The van der Waals surface area contributed by atoms with Gasteiger partial charge >= 0.3 is 0 Å². The highest BCUT2D eigenvalue weighted by atomic mass is 35.5. The summed E-state index contributed by atoms with van der Waals surface area (Å²) in [5, 5.41) is 3.80. The molecular weight excluding hydrogens is 450 g/mol. The zero-order chi connectivity index (χ0) is 24.1. The monoisotopic (exact) mass is 477 g/mol. The predicted molar refractivity (Wildman–Crippen MR) is 135 cm³/mol. The molecule has 1 atom stereocenters. The maximum atomic E-state index is 12.9. The number of ether oxygens (including phenoxy) is 2. The Morgan fingerprint density at radius 2 is 1.91 bits per heavy atom. The summed E-state index contributed by atoms with van der Waals surface area (Å²) in [5.74, 6) is 2.08. The van der Waals surface area contributed by atoms with Crippen LogP contribution in [0, 0.1) is 6.92 Å². The number of hydrogen-bond acceptors (Lipinski definition) is 4. The van der Waals surface area contributed by atoms with Crippen LogP contribution in [0.3, 0.4) is 0 Å². The molecule has 7 heteroatoms. The van der Waals surface area contributed by atoms with E-state index in [1.54, 1.807) is 25.3 Å². The van der Waals surface area contributed by atoms with Crippen LogP contribution in [0.4, 0.5) is 0 Å². The molecule has 176 valence electrons. The largest absolute Gasteiger partial charge is 0.497 e. The first-order chi connectivity index (χ1) is 16.5. The fraction of sp³-hybridized carbons (Fsp3) is 0.259. The van der Waals surface area contributed by atoms with Crippen LogP contribution in [0.2, 0.25) is 5.02 Å². The first kappa shape index (κ1) is 23.6. The maximum absolute atomic E-state index is 12.9. The van der Waals surface area contributed by atoms with E-state index in [0.29, 0.717) is 24.5 Å². The number of amides is 1. The van der Waals surface area contributed by atoms with Gasteiger partial charge in [-0.3, -0.25) is 4.79 Å². The van der Waals surface area contributed by atoms with E-state index in [1.165, 1.54) is 0 Å². The standard InChI is InChI=1S/C27H28ClN3O3/c1-18-16-22(12-13-23(18)28)34-15-7-14-31-25-11-5-4-10-24(25)30-26(31)19(2)29-27(32)20-8-6-9-21(17-20)33-3/h4-6,8-13,16-17,19H,7,14-15H2,1-3H3,(H,29,32). The molecule has 0 spiro atoms. The summed E-state index contributed by atoms with van der Waals surface area (Å²) in [6.07, 6.45) is 0.783. The van der Waals surface area contributed by atoms with E-state index in [4.69, 9.17) is 26.1 Å². The summed E-state index contributed by atoms with van der Waals surface area (Å²) in [6.45, 7) is 5.17. The second kappa shape index (κ2) is 10.6. The van der Waals surface area contributed by atoms with Crippen molar-refractivity contribution in [3.63, 3.8) is 0 Å². The zero-order valence-electron chi connectivity index (χ0n) is 19.5. The summed E-state index contributed by atoms with van der Waals surface area (Å²) in [6, 6.07) is 20.5. The minimum absolute atomic E-state index is 0.175. The fourth-order valence-electron chi connectivity index (χ4n) is 3.89. The molecule has 4 rings (SSSR count). The smallest absolute Gasteiger partial charge is 0.251 e. The lowest BCUT2D eigenvalue weighted by Crippen LogP contribution is -2.29. The quantitative estimate of drug-likeness (QED) is 0.302. The molecular formula is C27H28ClN3O3. The van der Waals surface area contributed by atoms with E-state index in [9.17, 15) is 4.79 Å². The number of para-hydroxylation sites is 2. The number of fused-ring (bicyclic) bond motifs is 1. The van der Waals surface area contributed by atoms with Crippen molar-refractivity contribution in [1.29, 1.82) is 0 Å². The van der Waals surface area contributed by atoms with Gasteiger partial charge in [-0.25, -0.2) is 4.98 Å². The Morgan fingerprint density at radius 3 is 2.71 bits per heavy atom. The third-order valence-corrected chi connectivity index (χ3v) is 6.10. The molecule has 0 bridgehead atoms. The van der Waals surface area contributed by atoms with Gasteiger partial charge in [-0.15, -0.1) is 0 Å². The highest BCUT2D eigenvalue weighted by Crippen LogP contribution is 2.23. The van der Waals surface area contributed by atoms with Crippen molar-refractivity contribution in [2.24, 2.45) is 0 Å². The number of benzene rings is 3. The summed E-state index contributed by atoms with van der Waals surface area (Å²) < 4.78 is 13.3. The topological polar surface area (TPSA) is 65.4 Å². The molecule has 0 radical (unpaired) electrons. The summed E-state index contributed by atoms with van der Waals surface area (Å²) in [7, 11) is 1.58. The van der Waals surface area contributed by atoms with Crippen molar-refractivity contribution in [3.05, 3.63) is 88.7 Å². The molecule has 0 aliphatic carbocycles. The fourth-order valence-corrected chi connectivity index (χ4v) is 4.01. The highest BCUT2D eigenvalue weighted by Gasteiger charge is 2.19. The average molecular weight is 478 g/mol. The van der Waals surface area contributed by atoms with Crippen molar-refractivity contribution in [2.45, 2.75) is 32.9 Å². The number of halogens is 1. The van der Waals surface area contributed by atoms with Gasteiger partial charge in [0.05, 0.1) is 30.8 Å². The van der Waals surface area contributed by atoms with E-state index in [1.807, 2.05) is 62.4 Å². The van der Waals surface area contributed by atoms with Crippen molar-refractivity contribution in [2.75, 3.05) is 13.7 Å². The Balaban J connectivity index is 1.47. The first-order valence-corrected chi connectivity index (χ1v) is 11.6. The van der Waals surface area contributed by atoms with Crippen LogP contribution >= 0.6 is 11.6 Å². The molecule has 3 aromatic carbocycles. The second-order valence-electron chi connectivity index (χ2n) is 8.15. The molecule has 0 saturated carbocycles. The number of rotatable bonds is 9. The number of aryl methyl sites for hydroxylation is 2. The van der Waals surface area contributed by atoms with Crippen molar-refractivity contribution >= 4 is 28.5 Å². The van der Waals surface area contributed by atoms with E-state index < -0.39 is 0 Å². The zero-order valence-corrected chi connectivity index (χ0v) is 20.3. The maximum Gasteiger partial charge on any atom is 0.251 e. The lowest BCUT2D eigenvalue weighted by molar-refractivity contribution is 0.0937. The minimum atomic E-state index is -0.286. The molecule has 1 unspecified atom stereocenters. The van der Waals surface area contributed by atoms with Crippen LogP contribution in [0.5, 0.6) is 11.5 Å². The van der Waals surface area contributed by atoms with Crippen LogP contribution in [0.15, 0.2) is 66.7 Å². The van der Waals surface area contributed by atoms with Crippen LogP contribution in [-0.4, -0.2) is 29.2 Å². The number of carbonyl (C=O) groups excluding carboxylic acids is 1. The van der Waals surface area contributed by atoms with Gasteiger partial charge < -0.3 is 19.4 Å². The number of methoxy groups -OCH3 is 1. The summed E-state index contributed by atoms with van der Waals surface area (Å²) in [4.78, 5) is 17.7. The van der Waals surface area contributed by atoms with E-state index in [0.717, 1.165) is 39.6 Å². The predicted octanol–water partition coefficient (Wildman–Crippen LogP) is 5.97. The molecule has 1 amide bonds. The first-order valence-electron chi connectivity index (χ1n) is 11.3. The molecule has 1 aromatic heterocycles. The molecule has 1 N–H and O–H groups in total. The van der Waals surface area contributed by atoms with Gasteiger partial charge in [0.1, 0.15) is 17.3 Å². The van der Waals surface area contributed by atoms with Crippen molar-refractivity contribution in [1.82, 2.24) is 14.9 Å². The molecule has 0 aliphatic rings. The van der Waals surface area contributed by atoms with Gasteiger partial charge in [0.25, 0.3) is 5.91 Å². The number of hydrogen-bond donors (Lipinski definition) is 1. The van der Waals surface area contributed by atoms with Crippen LogP contribution < -0.4 is 14.8 Å². The number of nitrogens with one attached hydrogen (secondary N) is 1. The Hall–Kier alpha value is -3.51. The molecule has 0 aliphatic heterocycles. The Morgan fingerprint density at radius 1 is 1.09 bits per heavy atom. The van der Waals surface area contributed by atoms with Crippen molar-refractivity contribution < 1.29 is 14.3 Å². The van der Waals surface area contributed by atoms with Gasteiger partial charge in [-0.2, -0.15) is 0 Å². The molecule has 34 heavy (non-hydrogen) atoms. The third kappa shape index (κ3) is 5.34. The minimum Gasteiger partial charge on any atom is -0.497 e. The normalized spacial score (nSPS) is 11.9. The van der Waals surface area contributed by atoms with E-state index in [2.05, 4.69) is 9.88 Å². The van der Waals surface area contributed by atoms with Gasteiger partial charge in [0.2, 0.25) is 0 Å². The Kier molecular flexibility index (Phi) is 7.38.